The normalized spacial score (nSPS) is 12.0. The lowest BCUT2D eigenvalue weighted by atomic mass is 10.1. The lowest BCUT2D eigenvalue weighted by Gasteiger charge is -2.12. The van der Waals surface area contributed by atoms with Crippen molar-refractivity contribution in [2.24, 2.45) is 0 Å². The van der Waals surface area contributed by atoms with Crippen LogP contribution >= 0.6 is 11.3 Å². The van der Waals surface area contributed by atoms with Crippen LogP contribution in [0.2, 0.25) is 0 Å². The van der Waals surface area contributed by atoms with Crippen LogP contribution in [0.1, 0.15) is 29.0 Å². The molecule has 0 unspecified atom stereocenters. The van der Waals surface area contributed by atoms with Gasteiger partial charge in [-0.05, 0) is 30.0 Å². The number of nitrogens with zero attached hydrogens (tertiary/aromatic N) is 2. The van der Waals surface area contributed by atoms with Crippen molar-refractivity contribution in [1.82, 2.24) is 15.5 Å². The second-order valence-electron chi connectivity index (χ2n) is 4.54. The first-order chi connectivity index (χ1) is 10.2. The monoisotopic (exact) mass is 299 g/mol. The predicted octanol–water partition coefficient (Wildman–Crippen LogP) is 3.29. The molecule has 1 atom stereocenters. The summed E-state index contributed by atoms with van der Waals surface area (Å²) < 4.78 is 5.20. The zero-order chi connectivity index (χ0) is 14.7. The van der Waals surface area contributed by atoms with E-state index in [1.807, 2.05) is 36.6 Å². The first-order valence-corrected chi connectivity index (χ1v) is 7.33. The molecule has 3 aromatic rings. The lowest BCUT2D eigenvalue weighted by molar-refractivity contribution is 0.0931. The fourth-order valence-corrected chi connectivity index (χ4v) is 2.58. The molecule has 0 radical (unpaired) electrons. The predicted molar refractivity (Wildman–Crippen MR) is 79.9 cm³/mol. The Morgan fingerprint density at radius 1 is 1.38 bits per heavy atom. The molecule has 5 nitrogen and oxygen atoms in total. The average molecular weight is 299 g/mol. The van der Waals surface area contributed by atoms with Crippen molar-refractivity contribution in [2.45, 2.75) is 13.0 Å². The first kappa shape index (κ1) is 13.5. The standard InChI is InChI=1S/C15H13N3O2S/c1-10(11-4-2-6-16-9-11)17-15(19)12-8-13(20-18-12)14-5-3-7-21-14/h2-10H,1H3,(H,17,19)/t10-/m0/s1. The Bertz CT molecular complexity index is 722. The number of pyridine rings is 1. The molecule has 3 rings (SSSR count). The zero-order valence-corrected chi connectivity index (χ0v) is 12.1. The maximum Gasteiger partial charge on any atom is 0.273 e. The van der Waals surface area contributed by atoms with Crippen molar-refractivity contribution in [1.29, 1.82) is 0 Å². The number of carbonyl (C=O) groups excluding carboxylic acids is 1. The molecule has 21 heavy (non-hydrogen) atoms. The van der Waals surface area contributed by atoms with E-state index in [0.717, 1.165) is 10.4 Å². The van der Waals surface area contributed by atoms with Crippen LogP contribution in [0.4, 0.5) is 0 Å². The van der Waals surface area contributed by atoms with Gasteiger partial charge in [0.25, 0.3) is 5.91 Å². The van der Waals surface area contributed by atoms with Gasteiger partial charge in [-0.15, -0.1) is 11.3 Å². The summed E-state index contributed by atoms with van der Waals surface area (Å²) in [6.45, 7) is 1.90. The van der Waals surface area contributed by atoms with E-state index < -0.39 is 0 Å². The van der Waals surface area contributed by atoms with Crippen LogP contribution in [-0.2, 0) is 0 Å². The van der Waals surface area contributed by atoms with E-state index in [4.69, 9.17) is 4.52 Å². The molecule has 6 heteroatoms. The van der Waals surface area contributed by atoms with Crippen LogP contribution in [0, 0.1) is 0 Å². The summed E-state index contributed by atoms with van der Waals surface area (Å²) in [5, 5.41) is 8.64. The average Bonchev–Trinajstić information content (AvgIpc) is 3.19. The highest BCUT2D eigenvalue weighted by atomic mass is 32.1. The molecule has 0 saturated heterocycles. The second kappa shape index (κ2) is 5.88. The Balaban J connectivity index is 1.71. The van der Waals surface area contributed by atoms with Gasteiger partial charge in [0, 0.05) is 18.5 Å². The molecule has 106 valence electrons. The third-order valence-electron chi connectivity index (χ3n) is 3.04. The summed E-state index contributed by atoms with van der Waals surface area (Å²) in [5.41, 5.74) is 1.21. The molecular formula is C15H13N3O2S. The fourth-order valence-electron chi connectivity index (χ4n) is 1.90. The molecule has 0 aliphatic heterocycles. The summed E-state index contributed by atoms with van der Waals surface area (Å²) >= 11 is 1.54. The number of rotatable bonds is 4. The van der Waals surface area contributed by atoms with E-state index >= 15 is 0 Å². The topological polar surface area (TPSA) is 68.0 Å². The van der Waals surface area contributed by atoms with Gasteiger partial charge in [-0.3, -0.25) is 9.78 Å². The molecule has 0 aliphatic carbocycles. The third-order valence-corrected chi connectivity index (χ3v) is 3.92. The van der Waals surface area contributed by atoms with Crippen molar-refractivity contribution < 1.29 is 9.32 Å². The number of hydrogen-bond donors (Lipinski definition) is 1. The van der Waals surface area contributed by atoms with Crippen molar-refractivity contribution in [3.05, 3.63) is 59.4 Å². The third kappa shape index (κ3) is 3.00. The van der Waals surface area contributed by atoms with Crippen molar-refractivity contribution in [2.75, 3.05) is 0 Å². The second-order valence-corrected chi connectivity index (χ2v) is 5.48. The van der Waals surface area contributed by atoms with Crippen LogP contribution in [0.25, 0.3) is 10.6 Å². The number of hydrogen-bond acceptors (Lipinski definition) is 5. The molecular weight excluding hydrogens is 286 g/mol. The molecule has 0 saturated carbocycles. The molecule has 1 N–H and O–H groups in total. The number of aromatic nitrogens is 2. The number of carbonyl (C=O) groups is 1. The molecule has 0 aromatic carbocycles. The van der Waals surface area contributed by atoms with E-state index in [-0.39, 0.29) is 17.6 Å². The van der Waals surface area contributed by atoms with Crippen molar-refractivity contribution >= 4 is 17.2 Å². The van der Waals surface area contributed by atoms with Gasteiger partial charge in [-0.1, -0.05) is 17.3 Å². The van der Waals surface area contributed by atoms with Gasteiger partial charge in [-0.2, -0.15) is 0 Å². The SMILES string of the molecule is C[C@H](NC(=O)c1cc(-c2cccs2)on1)c1cccnc1. The van der Waals surface area contributed by atoms with E-state index in [0.29, 0.717) is 5.76 Å². The van der Waals surface area contributed by atoms with Crippen LogP contribution in [0.3, 0.4) is 0 Å². The minimum Gasteiger partial charge on any atom is -0.355 e. The first-order valence-electron chi connectivity index (χ1n) is 6.45. The molecule has 0 aliphatic rings. The van der Waals surface area contributed by atoms with Gasteiger partial charge in [0.05, 0.1) is 10.9 Å². The highest BCUT2D eigenvalue weighted by Crippen LogP contribution is 2.25. The molecule has 0 spiro atoms. The van der Waals surface area contributed by atoms with Gasteiger partial charge in [0.15, 0.2) is 11.5 Å². The smallest absolute Gasteiger partial charge is 0.273 e. The van der Waals surface area contributed by atoms with Gasteiger partial charge < -0.3 is 9.84 Å². The lowest BCUT2D eigenvalue weighted by Crippen LogP contribution is -2.26. The van der Waals surface area contributed by atoms with E-state index in [9.17, 15) is 4.79 Å². The Morgan fingerprint density at radius 3 is 3.00 bits per heavy atom. The zero-order valence-electron chi connectivity index (χ0n) is 11.3. The van der Waals surface area contributed by atoms with Gasteiger partial charge in [0.2, 0.25) is 0 Å². The van der Waals surface area contributed by atoms with Crippen molar-refractivity contribution in [3.8, 4) is 10.6 Å². The van der Waals surface area contributed by atoms with Gasteiger partial charge in [-0.25, -0.2) is 0 Å². The Kier molecular flexibility index (Phi) is 3.79. The van der Waals surface area contributed by atoms with E-state index in [2.05, 4.69) is 15.5 Å². The molecule has 0 bridgehead atoms. The molecule has 1 amide bonds. The number of amides is 1. The van der Waals surface area contributed by atoms with Crippen LogP contribution in [0.15, 0.2) is 52.6 Å². The fraction of sp³-hybridized carbons (Fsp3) is 0.133. The Morgan fingerprint density at radius 2 is 2.29 bits per heavy atom. The summed E-state index contributed by atoms with van der Waals surface area (Å²) in [5.74, 6) is 0.335. The summed E-state index contributed by atoms with van der Waals surface area (Å²) in [6, 6.07) is 9.10. The molecule has 3 aromatic heterocycles. The summed E-state index contributed by atoms with van der Waals surface area (Å²) in [6.07, 6.45) is 3.42. The van der Waals surface area contributed by atoms with Crippen LogP contribution < -0.4 is 5.32 Å². The van der Waals surface area contributed by atoms with E-state index in [1.165, 1.54) is 11.3 Å². The van der Waals surface area contributed by atoms with E-state index in [1.54, 1.807) is 18.5 Å². The minimum absolute atomic E-state index is 0.145. The van der Waals surface area contributed by atoms with Crippen LogP contribution in [-0.4, -0.2) is 16.0 Å². The maximum absolute atomic E-state index is 12.2. The largest absolute Gasteiger partial charge is 0.355 e. The molecule has 3 heterocycles. The Hall–Kier alpha value is -2.47. The number of thiophene rings is 1. The van der Waals surface area contributed by atoms with Crippen molar-refractivity contribution in [3.63, 3.8) is 0 Å². The summed E-state index contributed by atoms with van der Waals surface area (Å²) in [4.78, 5) is 17.1. The highest BCUT2D eigenvalue weighted by Gasteiger charge is 2.16. The number of nitrogens with one attached hydrogen (secondary N) is 1. The quantitative estimate of drug-likeness (QED) is 0.802. The maximum atomic E-state index is 12.2. The van der Waals surface area contributed by atoms with Gasteiger partial charge >= 0.3 is 0 Å². The van der Waals surface area contributed by atoms with Gasteiger partial charge in [0.1, 0.15) is 0 Å². The van der Waals surface area contributed by atoms with Crippen LogP contribution in [0.5, 0.6) is 0 Å². The molecule has 0 fully saturated rings. The highest BCUT2D eigenvalue weighted by molar-refractivity contribution is 7.13. The minimum atomic E-state index is -0.266. The summed E-state index contributed by atoms with van der Waals surface area (Å²) in [7, 11) is 0. The Labute approximate surface area is 125 Å².